The van der Waals surface area contributed by atoms with E-state index < -0.39 is 8.03 Å². The molecule has 0 fully saturated rings. The van der Waals surface area contributed by atoms with Crippen molar-refractivity contribution in [3.63, 3.8) is 0 Å². The minimum absolute atomic E-state index is 0.0459. The molecule has 7 heteroatoms. The van der Waals surface area contributed by atoms with Crippen LogP contribution in [0.1, 0.15) is 5.56 Å². The zero-order valence-electron chi connectivity index (χ0n) is 8.91. The van der Waals surface area contributed by atoms with Gasteiger partial charge in [0.15, 0.2) is 0 Å². The van der Waals surface area contributed by atoms with Crippen molar-refractivity contribution >= 4 is 19.0 Å². The Bertz CT molecular complexity index is 463. The first kappa shape index (κ1) is 12.0. The predicted octanol–water partition coefficient (Wildman–Crippen LogP) is 1.85. The fourth-order valence-electron chi connectivity index (χ4n) is 1.63. The summed E-state index contributed by atoms with van der Waals surface area (Å²) in [5, 5.41) is 19.4. The maximum Gasteiger partial charge on any atom is 0.581 e. The van der Waals surface area contributed by atoms with E-state index in [1.165, 1.54) is 0 Å². The SMILES string of the molecule is O=[P+](OO)C1=CN(CCO)Nc2ccccc21. The van der Waals surface area contributed by atoms with Crippen LogP contribution in [0.25, 0.3) is 5.31 Å². The van der Waals surface area contributed by atoms with Gasteiger partial charge >= 0.3 is 8.03 Å². The predicted molar refractivity (Wildman–Crippen MR) is 63.2 cm³/mol. The Hall–Kier alpha value is -1.46. The van der Waals surface area contributed by atoms with Crippen LogP contribution in [0.5, 0.6) is 0 Å². The van der Waals surface area contributed by atoms with Crippen LogP contribution in [0.4, 0.5) is 5.69 Å². The van der Waals surface area contributed by atoms with Crippen molar-refractivity contribution in [2.75, 3.05) is 18.6 Å². The molecular formula is C10H12N2O4P+. The molecule has 0 bridgehead atoms. The quantitative estimate of drug-likeness (QED) is 0.432. The maximum absolute atomic E-state index is 11.6. The van der Waals surface area contributed by atoms with Gasteiger partial charge in [0.05, 0.1) is 30.6 Å². The lowest BCUT2D eigenvalue weighted by Crippen LogP contribution is -2.30. The van der Waals surface area contributed by atoms with Crippen molar-refractivity contribution in [2.24, 2.45) is 0 Å². The van der Waals surface area contributed by atoms with Gasteiger partial charge in [0.25, 0.3) is 5.31 Å². The molecule has 1 aromatic rings. The fraction of sp³-hybridized carbons (Fsp3) is 0.200. The van der Waals surface area contributed by atoms with Crippen molar-refractivity contribution in [3.05, 3.63) is 36.0 Å². The van der Waals surface area contributed by atoms with Gasteiger partial charge < -0.3 is 5.11 Å². The van der Waals surface area contributed by atoms with E-state index in [4.69, 9.17) is 10.4 Å². The Morgan fingerprint density at radius 1 is 1.41 bits per heavy atom. The molecule has 3 N–H and O–H groups in total. The highest BCUT2D eigenvalue weighted by Crippen LogP contribution is 2.45. The molecule has 0 radical (unpaired) electrons. The number of nitrogens with zero attached hydrogens (tertiary/aromatic N) is 1. The largest absolute Gasteiger partial charge is 0.581 e. The van der Waals surface area contributed by atoms with Crippen LogP contribution in [0.3, 0.4) is 0 Å². The molecule has 1 aliphatic rings. The lowest BCUT2D eigenvalue weighted by atomic mass is 10.1. The van der Waals surface area contributed by atoms with E-state index in [-0.39, 0.29) is 6.61 Å². The van der Waals surface area contributed by atoms with Crippen molar-refractivity contribution < 1.29 is 19.6 Å². The molecule has 0 saturated carbocycles. The minimum atomic E-state index is -2.32. The number of fused-ring (bicyclic) bond motifs is 1. The van der Waals surface area contributed by atoms with Crippen molar-refractivity contribution in [1.82, 2.24) is 5.01 Å². The number of nitrogens with one attached hydrogen (secondary N) is 1. The van der Waals surface area contributed by atoms with Crippen LogP contribution in [0.2, 0.25) is 0 Å². The monoisotopic (exact) mass is 255 g/mol. The molecule has 1 heterocycles. The molecule has 0 spiro atoms. The Labute approximate surface area is 98.9 Å². The van der Waals surface area contributed by atoms with E-state index in [2.05, 4.69) is 10.1 Å². The second kappa shape index (κ2) is 5.25. The third kappa shape index (κ3) is 2.45. The molecule has 0 aromatic heterocycles. The minimum Gasteiger partial charge on any atom is -0.394 e. The first-order chi connectivity index (χ1) is 8.26. The fourth-order valence-corrected chi connectivity index (χ4v) is 2.34. The second-order valence-corrected chi connectivity index (χ2v) is 4.59. The Kier molecular flexibility index (Phi) is 3.71. The third-order valence-electron chi connectivity index (χ3n) is 2.36. The summed E-state index contributed by atoms with van der Waals surface area (Å²) in [6.45, 7) is 0.294. The Morgan fingerprint density at radius 2 is 2.18 bits per heavy atom. The number of aliphatic hydroxyl groups is 1. The molecule has 17 heavy (non-hydrogen) atoms. The summed E-state index contributed by atoms with van der Waals surface area (Å²) < 4.78 is 15.5. The second-order valence-electron chi connectivity index (χ2n) is 3.43. The maximum atomic E-state index is 11.6. The van der Waals surface area contributed by atoms with Gasteiger partial charge in [-0.2, -0.15) is 0 Å². The molecule has 6 nitrogen and oxygen atoms in total. The normalized spacial score (nSPS) is 14.8. The van der Waals surface area contributed by atoms with Gasteiger partial charge in [-0.05, 0) is 16.7 Å². The number of hydrogen-bond donors (Lipinski definition) is 3. The topological polar surface area (TPSA) is 82.0 Å². The smallest absolute Gasteiger partial charge is 0.394 e. The van der Waals surface area contributed by atoms with E-state index in [1.54, 1.807) is 23.3 Å². The lowest BCUT2D eigenvalue weighted by molar-refractivity contribution is -0.128. The number of rotatable bonds is 4. The molecule has 1 atom stereocenters. The third-order valence-corrected chi connectivity index (χ3v) is 3.26. The summed E-state index contributed by atoms with van der Waals surface area (Å²) in [5.74, 6) is 0. The number of β-amino-alcohol motifs (C(OH)–C–C–N with tert-alkyl or cyclic N) is 1. The zero-order chi connectivity index (χ0) is 12.3. The number of aliphatic hydroxyl groups excluding tert-OH is 1. The Morgan fingerprint density at radius 3 is 2.88 bits per heavy atom. The molecule has 2 rings (SSSR count). The van der Waals surface area contributed by atoms with E-state index in [0.717, 1.165) is 5.69 Å². The average molecular weight is 255 g/mol. The highest BCUT2D eigenvalue weighted by Gasteiger charge is 2.33. The molecule has 0 saturated heterocycles. The van der Waals surface area contributed by atoms with E-state index in [9.17, 15) is 4.57 Å². The van der Waals surface area contributed by atoms with E-state index >= 15 is 0 Å². The van der Waals surface area contributed by atoms with Gasteiger partial charge in [-0.25, -0.2) is 5.26 Å². The summed E-state index contributed by atoms with van der Waals surface area (Å²) >= 11 is 0. The summed E-state index contributed by atoms with van der Waals surface area (Å²) in [6, 6.07) is 7.22. The highest BCUT2D eigenvalue weighted by atomic mass is 31.1. The van der Waals surface area contributed by atoms with E-state index in [0.29, 0.717) is 17.4 Å². The van der Waals surface area contributed by atoms with Crippen LogP contribution in [0.15, 0.2) is 30.5 Å². The van der Waals surface area contributed by atoms with Crippen LogP contribution >= 0.6 is 8.03 Å². The molecule has 1 aromatic carbocycles. The number of hydrogen-bond acceptors (Lipinski definition) is 6. The van der Waals surface area contributed by atoms with Crippen molar-refractivity contribution in [2.45, 2.75) is 0 Å². The molecule has 0 aliphatic carbocycles. The van der Waals surface area contributed by atoms with E-state index in [1.807, 2.05) is 12.1 Å². The standard InChI is InChI=1S/C10H11N2O4P/c13-6-5-12-7-10(17(15)16-14)8-3-1-2-4-9(8)11-12/h1-4,7,11,13H,5-6H2/p+1. The number of hydrazine groups is 1. The van der Waals surface area contributed by atoms with Crippen LogP contribution in [-0.4, -0.2) is 28.5 Å². The Balaban J connectivity index is 2.39. The van der Waals surface area contributed by atoms with Crippen molar-refractivity contribution in [3.8, 4) is 0 Å². The number of para-hydroxylation sites is 1. The average Bonchev–Trinajstić information content (AvgIpc) is 2.37. The summed E-state index contributed by atoms with van der Waals surface area (Å²) in [6.07, 6.45) is 1.55. The van der Waals surface area contributed by atoms with Crippen LogP contribution in [-0.2, 0) is 9.24 Å². The molecule has 1 unspecified atom stereocenters. The first-order valence-electron chi connectivity index (χ1n) is 5.00. The van der Waals surface area contributed by atoms with Gasteiger partial charge in [-0.15, -0.1) is 0 Å². The molecule has 0 amide bonds. The molecular weight excluding hydrogens is 243 g/mol. The van der Waals surface area contributed by atoms with Gasteiger partial charge in [0.1, 0.15) is 0 Å². The van der Waals surface area contributed by atoms with Crippen LogP contribution < -0.4 is 5.43 Å². The van der Waals surface area contributed by atoms with Gasteiger partial charge in [0, 0.05) is 4.67 Å². The van der Waals surface area contributed by atoms with Gasteiger partial charge in [-0.3, -0.25) is 10.4 Å². The first-order valence-corrected chi connectivity index (χ1v) is 6.18. The summed E-state index contributed by atoms with van der Waals surface area (Å²) in [4.78, 5) is 0. The summed E-state index contributed by atoms with van der Waals surface area (Å²) in [5.41, 5.74) is 4.49. The number of anilines is 1. The van der Waals surface area contributed by atoms with Gasteiger partial charge in [-0.1, -0.05) is 12.1 Å². The number of benzene rings is 1. The zero-order valence-corrected chi connectivity index (χ0v) is 9.80. The van der Waals surface area contributed by atoms with Crippen molar-refractivity contribution in [1.29, 1.82) is 0 Å². The molecule has 90 valence electrons. The summed E-state index contributed by atoms with van der Waals surface area (Å²) in [7, 11) is -2.32. The lowest BCUT2D eigenvalue weighted by Gasteiger charge is -2.26. The van der Waals surface area contributed by atoms with Crippen LogP contribution in [0, 0.1) is 0 Å². The highest BCUT2D eigenvalue weighted by molar-refractivity contribution is 7.51. The van der Waals surface area contributed by atoms with Gasteiger partial charge in [0.2, 0.25) is 0 Å². The molecule has 1 aliphatic heterocycles.